The van der Waals surface area contributed by atoms with Crippen LogP contribution in [0.4, 0.5) is 0 Å². The maximum atomic E-state index is 10.0. The van der Waals surface area contributed by atoms with E-state index in [2.05, 4.69) is 0 Å². The molecule has 0 unspecified atom stereocenters. The van der Waals surface area contributed by atoms with Gasteiger partial charge in [-0.1, -0.05) is 11.8 Å². The second-order valence-electron chi connectivity index (χ2n) is 4.64. The van der Waals surface area contributed by atoms with Crippen LogP contribution in [0.5, 0.6) is 0 Å². The summed E-state index contributed by atoms with van der Waals surface area (Å²) in [4.78, 5) is 0. The Kier molecular flexibility index (Phi) is 2.79. The van der Waals surface area contributed by atoms with E-state index in [0.29, 0.717) is 11.0 Å². The van der Waals surface area contributed by atoms with E-state index in [0.717, 1.165) is 32.1 Å². The van der Waals surface area contributed by atoms with Crippen molar-refractivity contribution in [1.82, 2.24) is 0 Å². The first-order valence-corrected chi connectivity index (χ1v) is 6.64. The quantitative estimate of drug-likeness (QED) is 0.740. The molecule has 0 amide bonds. The molecule has 0 radical (unpaired) electrons. The Morgan fingerprint density at radius 2 is 2.07 bits per heavy atom. The zero-order chi connectivity index (χ0) is 10.2. The summed E-state index contributed by atoms with van der Waals surface area (Å²) < 4.78 is 6.15. The maximum Gasteiger partial charge on any atom is 0.219 e. The number of thiocarbonyl (C=S) groups is 1. The van der Waals surface area contributed by atoms with Crippen LogP contribution < -0.4 is 0 Å². The molecule has 14 heavy (non-hydrogen) atoms. The van der Waals surface area contributed by atoms with Crippen LogP contribution in [-0.2, 0) is 4.74 Å². The van der Waals surface area contributed by atoms with Gasteiger partial charge in [0.1, 0.15) is 0 Å². The van der Waals surface area contributed by atoms with Crippen LogP contribution in [0.2, 0.25) is 0 Å². The molecule has 2 aliphatic carbocycles. The molecule has 0 aromatic heterocycles. The third-order valence-electron chi connectivity index (χ3n) is 3.61. The average molecular weight is 232 g/mol. The molecule has 0 atom stereocenters. The summed E-state index contributed by atoms with van der Waals surface area (Å²) in [5.74, 6) is 0. The van der Waals surface area contributed by atoms with Crippen LogP contribution in [-0.4, -0.2) is 28.0 Å². The first kappa shape index (κ1) is 10.7. The summed E-state index contributed by atoms with van der Waals surface area (Å²) >= 11 is 6.48. The van der Waals surface area contributed by atoms with E-state index in [1.54, 1.807) is 0 Å². The van der Waals surface area contributed by atoms with Gasteiger partial charge in [-0.25, -0.2) is 0 Å². The highest BCUT2D eigenvalue weighted by atomic mass is 32.2. The summed E-state index contributed by atoms with van der Waals surface area (Å²) in [5, 5.41) is 10.0. The van der Waals surface area contributed by atoms with Crippen LogP contribution in [0.1, 0.15) is 32.1 Å². The van der Waals surface area contributed by atoms with Gasteiger partial charge in [-0.05, 0) is 50.6 Å². The molecule has 0 aromatic carbocycles. The molecule has 80 valence electrons. The number of fused-ring (bicyclic) bond motifs is 2. The normalized spacial score (nSPS) is 40.1. The van der Waals surface area contributed by atoms with E-state index >= 15 is 0 Å². The van der Waals surface area contributed by atoms with Gasteiger partial charge in [0.05, 0.1) is 12.2 Å². The smallest absolute Gasteiger partial charge is 0.219 e. The molecular weight excluding hydrogens is 216 g/mol. The number of thioether (sulfide) groups is 1. The van der Waals surface area contributed by atoms with Crippen molar-refractivity contribution in [3.05, 3.63) is 0 Å². The number of rotatable bonds is 2. The Balaban J connectivity index is 1.90. The van der Waals surface area contributed by atoms with E-state index in [4.69, 9.17) is 17.0 Å². The molecule has 2 aliphatic rings. The highest BCUT2D eigenvalue weighted by molar-refractivity contribution is 8.22. The van der Waals surface area contributed by atoms with Gasteiger partial charge in [0.2, 0.25) is 4.38 Å². The third kappa shape index (κ3) is 1.92. The molecular formula is C10H16O2S2. The fraction of sp³-hybridized carbons (Fsp3) is 0.900. The minimum absolute atomic E-state index is 0.231. The zero-order valence-electron chi connectivity index (χ0n) is 8.41. The minimum atomic E-state index is -0.371. The highest BCUT2D eigenvalue weighted by Gasteiger charge is 2.53. The minimum Gasteiger partial charge on any atom is -0.478 e. The summed E-state index contributed by atoms with van der Waals surface area (Å²) in [6, 6.07) is 0. The van der Waals surface area contributed by atoms with Crippen LogP contribution in [0.25, 0.3) is 0 Å². The van der Waals surface area contributed by atoms with Crippen LogP contribution in [0.15, 0.2) is 0 Å². The molecule has 0 aliphatic heterocycles. The molecule has 0 saturated heterocycles. The number of ether oxygens (including phenoxy) is 1. The number of hydrogen-bond donors (Lipinski definition) is 1. The number of aliphatic hydroxyl groups is 1. The van der Waals surface area contributed by atoms with Crippen molar-refractivity contribution in [2.45, 2.75) is 37.7 Å². The second-order valence-corrected chi connectivity index (χ2v) is 6.05. The molecule has 1 N–H and O–H groups in total. The topological polar surface area (TPSA) is 29.5 Å². The van der Waals surface area contributed by atoms with E-state index in [1.165, 1.54) is 11.8 Å². The SMILES string of the molecule is CSC(=S)OCC12CCC(O)(CC1)C2. The van der Waals surface area contributed by atoms with Crippen LogP contribution in [0, 0.1) is 5.41 Å². The van der Waals surface area contributed by atoms with Gasteiger partial charge in [0.15, 0.2) is 0 Å². The van der Waals surface area contributed by atoms with Gasteiger partial charge in [0.25, 0.3) is 0 Å². The third-order valence-corrected chi connectivity index (χ3v) is 4.68. The van der Waals surface area contributed by atoms with E-state index in [-0.39, 0.29) is 11.0 Å². The monoisotopic (exact) mass is 232 g/mol. The van der Waals surface area contributed by atoms with Crippen molar-refractivity contribution < 1.29 is 9.84 Å². The fourth-order valence-electron chi connectivity index (χ4n) is 2.76. The Morgan fingerprint density at radius 3 is 2.50 bits per heavy atom. The molecule has 0 heterocycles. The number of hydrogen-bond acceptors (Lipinski definition) is 4. The van der Waals surface area contributed by atoms with Crippen molar-refractivity contribution in [2.75, 3.05) is 12.9 Å². The molecule has 2 bridgehead atoms. The first-order chi connectivity index (χ1) is 6.58. The predicted molar refractivity (Wildman–Crippen MR) is 62.5 cm³/mol. The first-order valence-electron chi connectivity index (χ1n) is 5.01. The van der Waals surface area contributed by atoms with Crippen LogP contribution >= 0.6 is 24.0 Å². The standard InChI is InChI=1S/C10H16O2S2/c1-14-8(13)12-7-9-2-4-10(11,6-9)5-3-9/h11H,2-7H2,1H3. The zero-order valence-corrected chi connectivity index (χ0v) is 10.0. The molecule has 4 heteroatoms. The average Bonchev–Trinajstić information content (AvgIpc) is 2.68. The lowest BCUT2D eigenvalue weighted by molar-refractivity contribution is 0.0520. The van der Waals surface area contributed by atoms with Crippen molar-refractivity contribution in [3.8, 4) is 0 Å². The Labute approximate surface area is 94.4 Å². The fourth-order valence-corrected chi connectivity index (χ4v) is 3.00. The Hall–Kier alpha value is 0.200. The van der Waals surface area contributed by atoms with Gasteiger partial charge < -0.3 is 9.84 Å². The molecule has 2 saturated carbocycles. The summed E-state index contributed by atoms with van der Waals surface area (Å²) in [7, 11) is 0. The lowest BCUT2D eigenvalue weighted by Gasteiger charge is -2.25. The Morgan fingerprint density at radius 1 is 1.43 bits per heavy atom. The lowest BCUT2D eigenvalue weighted by atomic mass is 9.85. The van der Waals surface area contributed by atoms with Gasteiger partial charge >= 0.3 is 0 Å². The largest absolute Gasteiger partial charge is 0.478 e. The summed E-state index contributed by atoms with van der Waals surface area (Å²) in [6.07, 6.45) is 6.93. The van der Waals surface area contributed by atoms with Gasteiger partial charge in [-0.3, -0.25) is 0 Å². The van der Waals surface area contributed by atoms with Crippen molar-refractivity contribution in [1.29, 1.82) is 0 Å². The van der Waals surface area contributed by atoms with Gasteiger partial charge in [-0.2, -0.15) is 0 Å². The summed E-state index contributed by atoms with van der Waals surface area (Å²) in [5.41, 5.74) is -0.140. The van der Waals surface area contributed by atoms with Crippen molar-refractivity contribution in [2.24, 2.45) is 5.41 Å². The predicted octanol–water partition coefficient (Wildman–Crippen LogP) is 2.35. The lowest BCUT2D eigenvalue weighted by Crippen LogP contribution is -2.22. The maximum absolute atomic E-state index is 10.0. The molecule has 2 nitrogen and oxygen atoms in total. The second kappa shape index (κ2) is 3.65. The summed E-state index contributed by atoms with van der Waals surface area (Å²) in [6.45, 7) is 0.703. The molecule has 0 aromatic rings. The van der Waals surface area contributed by atoms with Crippen molar-refractivity contribution >= 4 is 28.4 Å². The van der Waals surface area contributed by atoms with Gasteiger partial charge in [0, 0.05) is 5.41 Å². The van der Waals surface area contributed by atoms with Crippen LogP contribution in [0.3, 0.4) is 0 Å². The highest BCUT2D eigenvalue weighted by Crippen LogP contribution is 2.56. The van der Waals surface area contributed by atoms with E-state index in [9.17, 15) is 5.11 Å². The van der Waals surface area contributed by atoms with E-state index in [1.807, 2.05) is 6.26 Å². The molecule has 0 spiro atoms. The Bertz CT molecular complexity index is 245. The van der Waals surface area contributed by atoms with Crippen molar-refractivity contribution in [3.63, 3.8) is 0 Å². The van der Waals surface area contributed by atoms with E-state index < -0.39 is 0 Å². The molecule has 2 fully saturated rings. The van der Waals surface area contributed by atoms with Gasteiger partial charge in [-0.15, -0.1) is 0 Å². The molecule has 2 rings (SSSR count).